The quantitative estimate of drug-likeness (QED) is 0.725. The van der Waals surface area contributed by atoms with Crippen LogP contribution in [0, 0.1) is 6.92 Å². The first-order valence-corrected chi connectivity index (χ1v) is 4.85. The van der Waals surface area contributed by atoms with Crippen molar-refractivity contribution in [3.63, 3.8) is 0 Å². The van der Waals surface area contributed by atoms with Gasteiger partial charge >= 0.3 is 6.18 Å². The Labute approximate surface area is 87.5 Å². The topological polar surface area (TPSA) is 25.8 Å². The van der Waals surface area contributed by atoms with Crippen LogP contribution < -0.4 is 0 Å². The number of nitrogens with zero attached hydrogens (tertiary/aromatic N) is 2. The molecule has 0 bridgehead atoms. The van der Waals surface area contributed by atoms with Gasteiger partial charge in [-0.15, -0.1) is 0 Å². The summed E-state index contributed by atoms with van der Waals surface area (Å²) in [4.78, 5) is 0. The fourth-order valence-electron chi connectivity index (χ4n) is 1.02. The molecule has 0 N–H and O–H groups in total. The van der Waals surface area contributed by atoms with Crippen molar-refractivity contribution in [1.82, 2.24) is 10.2 Å². The molecule has 1 aromatic heterocycles. The van der Waals surface area contributed by atoms with Gasteiger partial charge in [0.15, 0.2) is 0 Å². The lowest BCUT2D eigenvalue weighted by Gasteiger charge is -2.09. The normalized spacial score (nSPS) is 10.6. The van der Waals surface area contributed by atoms with Crippen molar-refractivity contribution < 1.29 is 13.2 Å². The molecule has 5 heteroatoms. The Bertz CT molecular complexity index is 308. The fraction of sp³-hybridized carbons (Fsp3) is 0.600. The highest BCUT2D eigenvalue weighted by molar-refractivity contribution is 5.23. The van der Waals surface area contributed by atoms with Crippen LogP contribution in [0.1, 0.15) is 37.7 Å². The van der Waals surface area contributed by atoms with Crippen LogP contribution in [-0.4, -0.2) is 10.2 Å². The van der Waals surface area contributed by atoms with E-state index in [0.29, 0.717) is 0 Å². The molecule has 0 radical (unpaired) electrons. The minimum absolute atomic E-state index is 0.00176. The number of rotatable bonds is 1. The van der Waals surface area contributed by atoms with Gasteiger partial charge in [0, 0.05) is 0 Å². The molecule has 1 heterocycles. The van der Waals surface area contributed by atoms with Crippen molar-refractivity contribution >= 4 is 0 Å². The summed E-state index contributed by atoms with van der Waals surface area (Å²) >= 11 is 0. The summed E-state index contributed by atoms with van der Waals surface area (Å²) in [7, 11) is 0. The molecule has 1 rings (SSSR count). The van der Waals surface area contributed by atoms with Gasteiger partial charge in [0.1, 0.15) is 0 Å². The molecule has 0 aliphatic rings. The summed E-state index contributed by atoms with van der Waals surface area (Å²) < 4.78 is 37.0. The van der Waals surface area contributed by atoms with Crippen LogP contribution in [0.15, 0.2) is 6.07 Å². The van der Waals surface area contributed by atoms with Crippen molar-refractivity contribution in [1.29, 1.82) is 0 Å². The van der Waals surface area contributed by atoms with Crippen LogP contribution in [-0.2, 0) is 12.6 Å². The van der Waals surface area contributed by atoms with Crippen LogP contribution in [0.5, 0.6) is 0 Å². The van der Waals surface area contributed by atoms with Gasteiger partial charge in [-0.2, -0.15) is 23.4 Å². The average molecular weight is 220 g/mol. The molecule has 0 atom stereocenters. The van der Waals surface area contributed by atoms with E-state index in [4.69, 9.17) is 0 Å². The molecule has 0 aliphatic heterocycles. The second kappa shape index (κ2) is 5.68. The summed E-state index contributed by atoms with van der Waals surface area (Å²) in [5.41, 5.74) is -0.398. The molecular weight excluding hydrogens is 205 g/mol. The molecule has 1 aromatic rings. The van der Waals surface area contributed by atoms with E-state index in [-0.39, 0.29) is 17.8 Å². The molecule has 0 amide bonds. The Balaban J connectivity index is 0.000000921. The third-order valence-electron chi connectivity index (χ3n) is 1.63. The molecular formula is C10H15F3N2. The van der Waals surface area contributed by atoms with E-state index in [1.807, 2.05) is 13.8 Å². The number of hydrogen-bond acceptors (Lipinski definition) is 2. The van der Waals surface area contributed by atoms with Crippen molar-refractivity contribution in [2.24, 2.45) is 0 Å². The maximum absolute atomic E-state index is 12.3. The summed E-state index contributed by atoms with van der Waals surface area (Å²) in [6.07, 6.45) is -4.09. The van der Waals surface area contributed by atoms with Gasteiger partial charge in [-0.05, 0) is 19.4 Å². The molecule has 0 saturated carbocycles. The third-order valence-corrected chi connectivity index (χ3v) is 1.63. The molecule has 0 aromatic carbocycles. The van der Waals surface area contributed by atoms with Gasteiger partial charge in [-0.1, -0.05) is 20.8 Å². The highest BCUT2D eigenvalue weighted by Crippen LogP contribution is 2.31. The van der Waals surface area contributed by atoms with E-state index in [1.165, 1.54) is 6.92 Å². The molecule has 0 unspecified atom stereocenters. The van der Waals surface area contributed by atoms with Crippen LogP contribution in [0.25, 0.3) is 0 Å². The van der Waals surface area contributed by atoms with Gasteiger partial charge < -0.3 is 0 Å². The van der Waals surface area contributed by atoms with E-state index >= 15 is 0 Å². The Morgan fingerprint density at radius 1 is 1.20 bits per heavy atom. The van der Waals surface area contributed by atoms with Gasteiger partial charge in [-0.3, -0.25) is 0 Å². The lowest BCUT2D eigenvalue weighted by atomic mass is 10.1. The largest absolute Gasteiger partial charge is 0.418 e. The maximum Gasteiger partial charge on any atom is 0.418 e. The van der Waals surface area contributed by atoms with E-state index in [1.54, 1.807) is 6.92 Å². The first-order valence-electron chi connectivity index (χ1n) is 4.85. The maximum atomic E-state index is 12.3. The molecule has 15 heavy (non-hydrogen) atoms. The molecule has 0 saturated heterocycles. The predicted molar refractivity (Wildman–Crippen MR) is 52.5 cm³/mol. The first kappa shape index (κ1) is 13.9. The van der Waals surface area contributed by atoms with Crippen LogP contribution >= 0.6 is 0 Å². The summed E-state index contributed by atoms with van der Waals surface area (Å²) in [6, 6.07) is 1.02. The minimum Gasteiger partial charge on any atom is -0.166 e. The molecule has 86 valence electrons. The average Bonchev–Trinajstić information content (AvgIpc) is 2.19. The van der Waals surface area contributed by atoms with Gasteiger partial charge in [0.25, 0.3) is 0 Å². The first-order chi connectivity index (χ1) is 6.95. The van der Waals surface area contributed by atoms with Crippen molar-refractivity contribution in [2.75, 3.05) is 0 Å². The third kappa shape index (κ3) is 3.85. The lowest BCUT2D eigenvalue weighted by Crippen LogP contribution is -2.12. The van der Waals surface area contributed by atoms with Crippen molar-refractivity contribution in [2.45, 2.75) is 40.3 Å². The summed E-state index contributed by atoms with van der Waals surface area (Å²) in [5, 5.41) is 7.07. The van der Waals surface area contributed by atoms with Crippen molar-refractivity contribution in [3.8, 4) is 0 Å². The standard InChI is InChI=1S/C8H9F3N2.C2H6/c1-3-7-6(8(9,10)11)4-5(2)12-13-7;1-2/h4H,3H2,1-2H3;1-2H3. The van der Waals surface area contributed by atoms with Gasteiger partial charge in [0.05, 0.1) is 17.0 Å². The zero-order valence-corrected chi connectivity index (χ0v) is 9.31. The minimum atomic E-state index is -4.33. The van der Waals surface area contributed by atoms with E-state index in [9.17, 15) is 13.2 Å². The monoisotopic (exact) mass is 220 g/mol. The SMILES string of the molecule is CC.CCc1nnc(C)cc1C(F)(F)F. The summed E-state index contributed by atoms with van der Waals surface area (Å²) in [5.74, 6) is 0. The number of aryl methyl sites for hydroxylation is 2. The van der Waals surface area contributed by atoms with E-state index in [0.717, 1.165) is 6.07 Å². The second-order valence-electron chi connectivity index (χ2n) is 2.70. The molecule has 0 fully saturated rings. The second-order valence-corrected chi connectivity index (χ2v) is 2.70. The number of alkyl halides is 3. The van der Waals surface area contributed by atoms with Crippen LogP contribution in [0.4, 0.5) is 13.2 Å². The van der Waals surface area contributed by atoms with E-state index in [2.05, 4.69) is 10.2 Å². The summed E-state index contributed by atoms with van der Waals surface area (Å²) in [6.45, 7) is 7.11. The Morgan fingerprint density at radius 2 is 1.73 bits per heavy atom. The smallest absolute Gasteiger partial charge is 0.166 e. The number of halogens is 3. The highest BCUT2D eigenvalue weighted by Gasteiger charge is 2.33. The molecule has 0 spiro atoms. The Hall–Kier alpha value is -1.13. The molecule has 2 nitrogen and oxygen atoms in total. The van der Waals surface area contributed by atoms with Crippen molar-refractivity contribution in [3.05, 3.63) is 23.0 Å². The highest BCUT2D eigenvalue weighted by atomic mass is 19.4. The lowest BCUT2D eigenvalue weighted by molar-refractivity contribution is -0.138. The fourth-order valence-corrected chi connectivity index (χ4v) is 1.02. The number of hydrogen-bond donors (Lipinski definition) is 0. The Kier molecular flexibility index (Phi) is 5.25. The van der Waals surface area contributed by atoms with Gasteiger partial charge in [0.2, 0.25) is 0 Å². The van der Waals surface area contributed by atoms with E-state index < -0.39 is 11.7 Å². The predicted octanol–water partition coefficient (Wildman–Crippen LogP) is 3.39. The van der Waals surface area contributed by atoms with Crippen LogP contribution in [0.2, 0.25) is 0 Å². The van der Waals surface area contributed by atoms with Crippen LogP contribution in [0.3, 0.4) is 0 Å². The van der Waals surface area contributed by atoms with Gasteiger partial charge in [-0.25, -0.2) is 0 Å². The number of aromatic nitrogens is 2. The zero-order chi connectivity index (χ0) is 12.1. The molecule has 0 aliphatic carbocycles. The zero-order valence-electron chi connectivity index (χ0n) is 9.31. The Morgan fingerprint density at radius 3 is 2.13 bits per heavy atom.